The fraction of sp³-hybridized carbons (Fsp3) is 0.462. The first-order valence-corrected chi connectivity index (χ1v) is 7.92. The van der Waals surface area contributed by atoms with Crippen LogP contribution in [0.1, 0.15) is 6.42 Å². The Bertz CT molecular complexity index is 629. The van der Waals surface area contributed by atoms with Crippen LogP contribution in [0.4, 0.5) is 0 Å². The highest BCUT2D eigenvalue weighted by molar-refractivity contribution is 7.89. The Kier molecular flexibility index (Phi) is 4.69. The van der Waals surface area contributed by atoms with Crippen LogP contribution < -0.4 is 14.8 Å². The zero-order chi connectivity index (χ0) is 15.5. The third kappa shape index (κ3) is 3.27. The lowest BCUT2D eigenvalue weighted by atomic mass is 10.3. The Morgan fingerprint density at radius 2 is 2.00 bits per heavy atom. The highest BCUT2D eigenvalue weighted by Crippen LogP contribution is 2.30. The number of benzene rings is 1. The summed E-state index contributed by atoms with van der Waals surface area (Å²) in [4.78, 5) is 11.6. The highest BCUT2D eigenvalue weighted by atomic mass is 32.2. The van der Waals surface area contributed by atoms with Gasteiger partial charge in [0.15, 0.2) is 0 Å². The van der Waals surface area contributed by atoms with Gasteiger partial charge < -0.3 is 14.8 Å². The van der Waals surface area contributed by atoms with Gasteiger partial charge in [0, 0.05) is 19.2 Å². The van der Waals surface area contributed by atoms with Crippen LogP contribution in [-0.4, -0.2) is 52.5 Å². The molecule has 1 amide bonds. The summed E-state index contributed by atoms with van der Waals surface area (Å²) in [7, 11) is -0.971. The molecule has 1 saturated heterocycles. The molecule has 1 aliphatic rings. The van der Waals surface area contributed by atoms with Crippen LogP contribution in [0.15, 0.2) is 23.1 Å². The van der Waals surface area contributed by atoms with E-state index < -0.39 is 10.0 Å². The molecule has 1 N–H and O–H groups in total. The lowest BCUT2D eigenvalue weighted by molar-refractivity contribution is -0.120. The van der Waals surface area contributed by atoms with Crippen molar-refractivity contribution in [1.29, 1.82) is 0 Å². The second-order valence-electron chi connectivity index (χ2n) is 4.56. The van der Waals surface area contributed by atoms with Gasteiger partial charge in [-0.3, -0.25) is 4.79 Å². The quantitative estimate of drug-likeness (QED) is 0.859. The lowest BCUT2D eigenvalue weighted by Crippen LogP contribution is -2.37. The Morgan fingerprint density at radius 3 is 2.67 bits per heavy atom. The maximum Gasteiger partial charge on any atom is 0.247 e. The molecule has 0 spiro atoms. The molecule has 0 saturated carbocycles. The van der Waals surface area contributed by atoms with Gasteiger partial charge in [-0.25, -0.2) is 8.42 Å². The fourth-order valence-corrected chi connectivity index (χ4v) is 3.71. The number of nitrogens with zero attached hydrogens (tertiary/aromatic N) is 1. The van der Waals surface area contributed by atoms with Crippen molar-refractivity contribution in [2.24, 2.45) is 0 Å². The molecular formula is C13H18N2O5S. The normalized spacial score (nSPS) is 17.0. The summed E-state index contributed by atoms with van der Waals surface area (Å²) in [5, 5.41) is 2.65. The van der Waals surface area contributed by atoms with E-state index in [0.717, 1.165) is 4.31 Å². The van der Waals surface area contributed by atoms with Gasteiger partial charge in [0.05, 0.1) is 20.8 Å². The molecule has 2 rings (SSSR count). The maximum atomic E-state index is 12.7. The molecule has 21 heavy (non-hydrogen) atoms. The molecule has 7 nitrogen and oxygen atoms in total. The Balaban J connectivity index is 2.44. The number of carbonyl (C=O) groups is 1. The van der Waals surface area contributed by atoms with E-state index in [4.69, 9.17) is 9.47 Å². The highest BCUT2D eigenvalue weighted by Gasteiger charge is 2.30. The van der Waals surface area contributed by atoms with Gasteiger partial charge in [-0.05, 0) is 18.6 Å². The zero-order valence-corrected chi connectivity index (χ0v) is 12.8. The van der Waals surface area contributed by atoms with Crippen molar-refractivity contribution in [2.75, 3.05) is 33.9 Å². The first kappa shape index (κ1) is 15.6. The first-order chi connectivity index (χ1) is 9.98. The van der Waals surface area contributed by atoms with Gasteiger partial charge in [0.25, 0.3) is 0 Å². The number of carbonyl (C=O) groups excluding carboxylic acids is 1. The van der Waals surface area contributed by atoms with Gasteiger partial charge in [0.1, 0.15) is 16.4 Å². The molecule has 1 aromatic carbocycles. The van der Waals surface area contributed by atoms with E-state index in [1.54, 1.807) is 6.07 Å². The molecule has 0 bridgehead atoms. The summed E-state index contributed by atoms with van der Waals surface area (Å²) in [5.41, 5.74) is 0. The van der Waals surface area contributed by atoms with Gasteiger partial charge >= 0.3 is 0 Å². The first-order valence-electron chi connectivity index (χ1n) is 6.48. The number of methoxy groups -OCH3 is 2. The minimum absolute atomic E-state index is 0.000880. The van der Waals surface area contributed by atoms with Crippen LogP contribution in [0.25, 0.3) is 0 Å². The molecular weight excluding hydrogens is 296 g/mol. The van der Waals surface area contributed by atoms with Crippen LogP contribution >= 0.6 is 0 Å². The largest absolute Gasteiger partial charge is 0.497 e. The molecule has 0 unspecified atom stereocenters. The van der Waals surface area contributed by atoms with E-state index in [9.17, 15) is 13.2 Å². The smallest absolute Gasteiger partial charge is 0.247 e. The van der Waals surface area contributed by atoms with Gasteiger partial charge in [-0.2, -0.15) is 4.31 Å². The third-order valence-electron chi connectivity index (χ3n) is 3.22. The predicted molar refractivity (Wildman–Crippen MR) is 75.9 cm³/mol. The summed E-state index contributed by atoms with van der Waals surface area (Å²) in [6, 6.07) is 4.55. The van der Waals surface area contributed by atoms with Crippen LogP contribution in [0.3, 0.4) is 0 Å². The Labute approximate surface area is 123 Å². The number of amides is 1. The van der Waals surface area contributed by atoms with E-state index in [1.807, 2.05) is 0 Å². The average molecular weight is 314 g/mol. The number of hydrogen-bond acceptors (Lipinski definition) is 5. The lowest BCUT2D eigenvalue weighted by Gasteiger charge is -2.20. The average Bonchev–Trinajstić information content (AvgIpc) is 2.71. The van der Waals surface area contributed by atoms with Crippen molar-refractivity contribution >= 4 is 15.9 Å². The molecule has 0 aliphatic carbocycles. The molecule has 8 heteroatoms. The minimum Gasteiger partial charge on any atom is -0.497 e. The molecule has 1 fully saturated rings. The van der Waals surface area contributed by atoms with Crippen LogP contribution in [0.2, 0.25) is 0 Å². The predicted octanol–water partition coefficient (Wildman–Crippen LogP) is 0.214. The van der Waals surface area contributed by atoms with E-state index in [0.29, 0.717) is 18.7 Å². The Morgan fingerprint density at radius 1 is 1.24 bits per heavy atom. The Hall–Kier alpha value is -1.80. The SMILES string of the molecule is COc1ccc(OC)c(S(=O)(=O)N2CCCNC(=O)C2)c1. The molecule has 1 aliphatic heterocycles. The number of nitrogens with one attached hydrogen (secondary N) is 1. The van der Waals surface area contributed by atoms with Crippen molar-refractivity contribution in [3.8, 4) is 11.5 Å². The second-order valence-corrected chi connectivity index (χ2v) is 6.47. The van der Waals surface area contributed by atoms with E-state index in [-0.39, 0.29) is 29.6 Å². The number of hydrogen-bond donors (Lipinski definition) is 1. The van der Waals surface area contributed by atoms with Gasteiger partial charge in [-0.15, -0.1) is 0 Å². The van der Waals surface area contributed by atoms with E-state index in [1.165, 1.54) is 26.4 Å². The summed E-state index contributed by atoms with van der Waals surface area (Å²) in [5.74, 6) is 0.326. The van der Waals surface area contributed by atoms with Crippen molar-refractivity contribution in [1.82, 2.24) is 9.62 Å². The van der Waals surface area contributed by atoms with E-state index in [2.05, 4.69) is 5.32 Å². The zero-order valence-electron chi connectivity index (χ0n) is 12.0. The van der Waals surface area contributed by atoms with Crippen molar-refractivity contribution in [2.45, 2.75) is 11.3 Å². The minimum atomic E-state index is -3.83. The van der Waals surface area contributed by atoms with E-state index >= 15 is 0 Å². The van der Waals surface area contributed by atoms with Crippen molar-refractivity contribution < 1.29 is 22.7 Å². The summed E-state index contributed by atoms with van der Waals surface area (Å²) >= 11 is 0. The molecule has 0 radical (unpaired) electrons. The second kappa shape index (κ2) is 6.31. The van der Waals surface area contributed by atoms with Crippen molar-refractivity contribution in [3.63, 3.8) is 0 Å². The molecule has 0 atom stereocenters. The molecule has 116 valence electrons. The number of sulfonamides is 1. The molecule has 0 aromatic heterocycles. The van der Waals surface area contributed by atoms with Gasteiger partial charge in [0.2, 0.25) is 15.9 Å². The van der Waals surface area contributed by atoms with Gasteiger partial charge in [-0.1, -0.05) is 0 Å². The molecule has 1 aromatic rings. The summed E-state index contributed by atoms with van der Waals surface area (Å²) < 4.78 is 36.8. The fourth-order valence-electron chi connectivity index (χ4n) is 2.11. The van der Waals surface area contributed by atoms with Crippen LogP contribution in [0, 0.1) is 0 Å². The number of rotatable bonds is 4. The summed E-state index contributed by atoms with van der Waals surface area (Å²) in [6.45, 7) is 0.560. The van der Waals surface area contributed by atoms with Crippen molar-refractivity contribution in [3.05, 3.63) is 18.2 Å². The number of ether oxygens (including phenoxy) is 2. The third-order valence-corrected chi connectivity index (χ3v) is 5.08. The topological polar surface area (TPSA) is 84.9 Å². The van der Waals surface area contributed by atoms with Crippen LogP contribution in [0.5, 0.6) is 11.5 Å². The maximum absolute atomic E-state index is 12.7. The monoisotopic (exact) mass is 314 g/mol. The standard InChI is InChI=1S/C13H18N2O5S/c1-19-10-4-5-11(20-2)12(8-10)21(17,18)15-7-3-6-14-13(16)9-15/h4-5,8H,3,6-7,9H2,1-2H3,(H,14,16). The van der Waals surface area contributed by atoms with Crippen LogP contribution in [-0.2, 0) is 14.8 Å². The summed E-state index contributed by atoms with van der Waals surface area (Å²) in [6.07, 6.45) is 0.567. The molecule has 1 heterocycles.